The van der Waals surface area contributed by atoms with Gasteiger partial charge < -0.3 is 53.8 Å². The maximum atomic E-state index is 13.4. The lowest BCUT2D eigenvalue weighted by Crippen LogP contribution is -2.46. The Morgan fingerprint density at radius 3 is 2.15 bits per heavy atom. The van der Waals surface area contributed by atoms with Gasteiger partial charge in [-0.1, -0.05) is 6.92 Å². The summed E-state index contributed by atoms with van der Waals surface area (Å²) in [5.41, 5.74) is 16.8. The van der Waals surface area contributed by atoms with E-state index in [0.29, 0.717) is 11.4 Å². The van der Waals surface area contributed by atoms with Crippen LogP contribution in [0.15, 0.2) is 40.2 Å². The Morgan fingerprint density at radius 2 is 1.52 bits per heavy atom. The van der Waals surface area contributed by atoms with Crippen LogP contribution in [0.4, 0.5) is 11.6 Å². The summed E-state index contributed by atoms with van der Waals surface area (Å²) < 4.78 is 0. The highest BCUT2D eigenvalue weighted by atomic mass is 16.4. The number of amides is 3. The summed E-state index contributed by atoms with van der Waals surface area (Å²) in [5.74, 6) is -10.8. The molecule has 328 valence electrons. The summed E-state index contributed by atoms with van der Waals surface area (Å²) >= 11 is 0. The van der Waals surface area contributed by atoms with Crippen LogP contribution in [0, 0.1) is 11.8 Å². The number of benzene rings is 1. The number of guanidine groups is 1. The van der Waals surface area contributed by atoms with Crippen LogP contribution in [0.2, 0.25) is 0 Å². The average molecular weight is 853 g/mol. The number of aliphatic carboxylic acids is 3. The second kappa shape index (κ2) is 22.6. The first-order valence-electron chi connectivity index (χ1n) is 18.8. The van der Waals surface area contributed by atoms with Crippen LogP contribution < -0.4 is 44.0 Å². The predicted octanol–water partition coefficient (Wildman–Crippen LogP) is -1.36. The van der Waals surface area contributed by atoms with Crippen LogP contribution in [0.1, 0.15) is 74.8 Å². The fourth-order valence-electron chi connectivity index (χ4n) is 5.71. The number of carbonyl (C=O) groups excluding carboxylic acids is 5. The lowest BCUT2D eigenvalue weighted by molar-refractivity contribution is -0.144. The van der Waals surface area contributed by atoms with Crippen molar-refractivity contribution in [1.82, 2.24) is 35.9 Å². The highest BCUT2D eigenvalue weighted by Gasteiger charge is 2.32. The average Bonchev–Trinajstić information content (AvgIpc) is 3.18. The van der Waals surface area contributed by atoms with Gasteiger partial charge in [-0.3, -0.25) is 48.3 Å². The van der Waals surface area contributed by atoms with Crippen molar-refractivity contribution in [3.8, 4) is 0 Å². The number of nitrogens with zero attached hydrogens (tertiary/aromatic N) is 4. The van der Waals surface area contributed by atoms with E-state index in [1.807, 2.05) is 0 Å². The molecule has 24 nitrogen and oxygen atoms in total. The molecule has 2 aromatic heterocycles. The summed E-state index contributed by atoms with van der Waals surface area (Å²) in [6.07, 6.45) is -0.982. The second-order valence-corrected chi connectivity index (χ2v) is 14.0. The number of nitrogens with one attached hydrogen (secondary N) is 5. The van der Waals surface area contributed by atoms with Gasteiger partial charge in [0, 0.05) is 43.0 Å². The standard InChI is InChI=1S/C37H48N12O12/c1-17(30(54)46-24(4-3-11-41-36(38)39)26(51)13-20(14-27(52)53)32(56)44-18(2)34(58)59)12-23(50)9-10-25(35(60)61)47-31(55)19-5-7-21(8-6-19)42-15-22-16-43-29-28(45-22)33(57)49-37(40)48-29/h5-8,16-18,20,24-25,42H,3-4,9-15H2,1-2H3,(H,44,56)(H,46,54)(H,47,55)(H,52,53)(H,58,59)(H,60,61)(H4,38,39,41)(H3,40,43,48,49,57)/t17-,18+,20+,24+,25+/m1/s1. The zero-order valence-electron chi connectivity index (χ0n) is 33.2. The number of carbonyl (C=O) groups is 8. The number of fused-ring (bicyclic) bond motifs is 1. The van der Waals surface area contributed by atoms with Crippen LogP contribution in [0.5, 0.6) is 0 Å². The van der Waals surface area contributed by atoms with Gasteiger partial charge in [0.15, 0.2) is 22.9 Å². The molecule has 0 saturated carbocycles. The third kappa shape index (κ3) is 15.6. The number of hydrogen-bond donors (Lipinski definition) is 11. The zero-order valence-corrected chi connectivity index (χ0v) is 33.2. The lowest BCUT2D eigenvalue weighted by Gasteiger charge is -2.23. The molecule has 0 radical (unpaired) electrons. The molecule has 14 N–H and O–H groups in total. The fourth-order valence-corrected chi connectivity index (χ4v) is 5.71. The Hall–Kier alpha value is -7.53. The third-order valence-electron chi connectivity index (χ3n) is 9.02. The number of nitrogens with two attached hydrogens (primary N) is 3. The first kappa shape index (κ1) is 47.8. The first-order chi connectivity index (χ1) is 28.7. The van der Waals surface area contributed by atoms with Crippen molar-refractivity contribution in [2.45, 2.75) is 83.5 Å². The van der Waals surface area contributed by atoms with Crippen LogP contribution in [0.25, 0.3) is 11.2 Å². The topological polar surface area (TPSA) is 407 Å². The molecular formula is C37H48N12O12. The molecule has 3 aromatic rings. The van der Waals surface area contributed by atoms with E-state index in [0.717, 1.165) is 6.92 Å². The van der Waals surface area contributed by atoms with Gasteiger partial charge in [-0.25, -0.2) is 14.8 Å². The van der Waals surface area contributed by atoms with Crippen molar-refractivity contribution in [3.63, 3.8) is 0 Å². The summed E-state index contributed by atoms with van der Waals surface area (Å²) in [5, 5.41) is 38.3. The van der Waals surface area contributed by atoms with Crippen molar-refractivity contribution in [3.05, 3.63) is 52.1 Å². The van der Waals surface area contributed by atoms with Gasteiger partial charge in [-0.15, -0.1) is 0 Å². The number of rotatable bonds is 25. The maximum absolute atomic E-state index is 13.4. The number of aromatic amines is 1. The van der Waals surface area contributed by atoms with E-state index >= 15 is 0 Å². The first-order valence-corrected chi connectivity index (χ1v) is 18.8. The summed E-state index contributed by atoms with van der Waals surface area (Å²) in [6.45, 7) is 2.75. The molecule has 2 heterocycles. The Kier molecular flexibility index (Phi) is 17.7. The number of anilines is 2. The molecule has 1 aromatic carbocycles. The number of carboxylic acids is 3. The van der Waals surface area contributed by atoms with E-state index in [1.54, 1.807) is 12.1 Å². The molecule has 24 heteroatoms. The largest absolute Gasteiger partial charge is 0.481 e. The van der Waals surface area contributed by atoms with Crippen molar-refractivity contribution in [1.29, 1.82) is 0 Å². The second-order valence-electron chi connectivity index (χ2n) is 14.0. The monoisotopic (exact) mass is 852 g/mol. The molecule has 3 rings (SSSR count). The smallest absolute Gasteiger partial charge is 0.326 e. The number of Topliss-reactive ketones (excluding diaryl/α,β-unsaturated/α-hetero) is 2. The molecule has 0 aliphatic heterocycles. The molecule has 0 unspecified atom stereocenters. The number of aromatic nitrogens is 4. The molecule has 3 amide bonds. The summed E-state index contributed by atoms with van der Waals surface area (Å²) in [7, 11) is 0. The minimum atomic E-state index is -1.47. The van der Waals surface area contributed by atoms with Crippen molar-refractivity contribution in [2.75, 3.05) is 17.6 Å². The van der Waals surface area contributed by atoms with E-state index in [2.05, 4.69) is 46.2 Å². The van der Waals surface area contributed by atoms with E-state index in [-0.39, 0.29) is 73.8 Å². The van der Waals surface area contributed by atoms with Crippen LogP contribution >= 0.6 is 0 Å². The summed E-state index contributed by atoms with van der Waals surface area (Å²) in [6, 6.07) is 1.86. The van der Waals surface area contributed by atoms with Gasteiger partial charge in [0.05, 0.1) is 36.8 Å². The molecular weight excluding hydrogens is 804 g/mol. The van der Waals surface area contributed by atoms with Crippen LogP contribution in [-0.2, 0) is 40.1 Å². The van der Waals surface area contributed by atoms with E-state index < -0.39 is 95.6 Å². The molecule has 0 spiro atoms. The normalized spacial score (nSPS) is 13.3. The van der Waals surface area contributed by atoms with Gasteiger partial charge in [-0.05, 0) is 50.5 Å². The fraction of sp³-hybridized carbons (Fsp3) is 0.432. The number of H-pyrrole nitrogens is 1. The lowest BCUT2D eigenvalue weighted by atomic mass is 9.92. The minimum Gasteiger partial charge on any atom is -0.481 e. The quantitative estimate of drug-likeness (QED) is 0.0266. The van der Waals surface area contributed by atoms with Gasteiger partial charge in [-0.2, -0.15) is 4.98 Å². The van der Waals surface area contributed by atoms with Gasteiger partial charge >= 0.3 is 17.9 Å². The highest BCUT2D eigenvalue weighted by molar-refractivity contribution is 5.97. The predicted molar refractivity (Wildman–Crippen MR) is 215 cm³/mol. The Bertz CT molecular complexity index is 2210. The maximum Gasteiger partial charge on any atom is 0.326 e. The molecule has 0 aliphatic rings. The van der Waals surface area contributed by atoms with Gasteiger partial charge in [0.25, 0.3) is 11.5 Å². The van der Waals surface area contributed by atoms with E-state index in [4.69, 9.17) is 22.3 Å². The summed E-state index contributed by atoms with van der Waals surface area (Å²) in [4.78, 5) is 130. The number of carboxylic acid groups (broad SMARTS) is 3. The number of aliphatic imine (C=N–C) groups is 1. The van der Waals surface area contributed by atoms with Crippen LogP contribution in [0.3, 0.4) is 0 Å². The Morgan fingerprint density at radius 1 is 0.836 bits per heavy atom. The van der Waals surface area contributed by atoms with E-state index in [9.17, 15) is 53.4 Å². The minimum absolute atomic E-state index is 0.00391. The number of nitrogen functional groups attached to an aromatic ring is 1. The van der Waals surface area contributed by atoms with Gasteiger partial charge in [0.2, 0.25) is 17.8 Å². The van der Waals surface area contributed by atoms with E-state index in [1.165, 1.54) is 25.3 Å². The SMILES string of the molecule is C[C@H](CC(=O)CC[C@H](NC(=O)c1ccc(NCc2cnc3nc(N)[nH]c(=O)c3n2)cc1)C(=O)O)C(=O)N[C@@H](CCCN=C(N)N)C(=O)C[C@@H](CC(=O)O)C(=O)N[C@@H](C)C(=O)O. The molecule has 61 heavy (non-hydrogen) atoms. The zero-order chi connectivity index (χ0) is 45.4. The van der Waals surface area contributed by atoms with Crippen molar-refractivity contribution < 1.29 is 53.7 Å². The third-order valence-corrected chi connectivity index (χ3v) is 9.02. The Balaban J connectivity index is 1.57. The molecule has 0 fully saturated rings. The van der Waals surface area contributed by atoms with Crippen LogP contribution in [-0.4, -0.2) is 113 Å². The van der Waals surface area contributed by atoms with Crippen molar-refractivity contribution >= 4 is 76.0 Å². The van der Waals surface area contributed by atoms with Crippen molar-refractivity contribution in [2.24, 2.45) is 28.3 Å². The number of hydrogen-bond acceptors (Lipinski definition) is 15. The number of ketones is 2. The van der Waals surface area contributed by atoms with Gasteiger partial charge in [0.1, 0.15) is 17.9 Å². The Labute approximate surface area is 346 Å². The molecule has 0 bridgehead atoms. The molecule has 5 atom stereocenters. The highest BCUT2D eigenvalue weighted by Crippen LogP contribution is 2.17. The molecule has 0 aliphatic carbocycles. The molecule has 0 saturated heterocycles.